The molecule has 2 atom stereocenters. The van der Waals surface area contributed by atoms with E-state index in [0.717, 1.165) is 12.2 Å². The largest absolute Gasteiger partial charge is 0.477 e. The molecular weight excluding hydrogens is 216 g/mol. The number of rotatable bonds is 4. The summed E-state index contributed by atoms with van der Waals surface area (Å²) in [5.74, 6) is 1.31. The predicted molar refractivity (Wildman–Crippen MR) is 67.0 cm³/mol. The van der Waals surface area contributed by atoms with Gasteiger partial charge >= 0.3 is 0 Å². The van der Waals surface area contributed by atoms with E-state index in [0.29, 0.717) is 18.5 Å². The van der Waals surface area contributed by atoms with Gasteiger partial charge in [0, 0.05) is 17.5 Å². The molecule has 2 rings (SSSR count). The molecule has 94 valence electrons. The molecule has 17 heavy (non-hydrogen) atoms. The molecule has 0 aromatic carbocycles. The molecule has 0 bridgehead atoms. The maximum Gasteiger partial charge on any atom is 0.234 e. The van der Waals surface area contributed by atoms with Crippen LogP contribution in [-0.4, -0.2) is 28.7 Å². The summed E-state index contributed by atoms with van der Waals surface area (Å²) in [5.41, 5.74) is 6.08. The SMILES string of the molecule is CCOc1cncc(NC2CC(N)C2(C)C)n1. The summed E-state index contributed by atoms with van der Waals surface area (Å²) in [6, 6.07) is 0.603. The maximum atomic E-state index is 5.98. The minimum atomic E-state index is 0.100. The highest BCUT2D eigenvalue weighted by Gasteiger charge is 2.46. The Bertz CT molecular complexity index is 394. The Labute approximate surface area is 102 Å². The van der Waals surface area contributed by atoms with E-state index in [9.17, 15) is 0 Å². The Morgan fingerprint density at radius 2 is 2.29 bits per heavy atom. The molecule has 0 aliphatic heterocycles. The van der Waals surface area contributed by atoms with Crippen molar-refractivity contribution in [3.05, 3.63) is 12.4 Å². The average molecular weight is 236 g/mol. The fraction of sp³-hybridized carbons (Fsp3) is 0.667. The van der Waals surface area contributed by atoms with E-state index in [2.05, 4.69) is 29.1 Å². The number of aromatic nitrogens is 2. The molecule has 1 aliphatic carbocycles. The zero-order valence-corrected chi connectivity index (χ0v) is 10.6. The van der Waals surface area contributed by atoms with Gasteiger partial charge in [-0.2, -0.15) is 4.98 Å². The summed E-state index contributed by atoms with van der Waals surface area (Å²) in [7, 11) is 0. The van der Waals surface area contributed by atoms with E-state index in [1.54, 1.807) is 12.4 Å². The first-order chi connectivity index (χ1) is 8.04. The quantitative estimate of drug-likeness (QED) is 0.827. The molecule has 0 saturated heterocycles. The Kier molecular flexibility index (Phi) is 3.19. The fourth-order valence-corrected chi connectivity index (χ4v) is 2.02. The van der Waals surface area contributed by atoms with Crippen molar-refractivity contribution in [2.24, 2.45) is 11.1 Å². The zero-order chi connectivity index (χ0) is 12.5. The second-order valence-electron chi connectivity index (χ2n) is 5.04. The topological polar surface area (TPSA) is 73.1 Å². The number of nitrogens with two attached hydrogens (primary N) is 1. The van der Waals surface area contributed by atoms with Crippen LogP contribution in [0.25, 0.3) is 0 Å². The molecule has 1 aromatic heterocycles. The Morgan fingerprint density at radius 3 is 2.88 bits per heavy atom. The smallest absolute Gasteiger partial charge is 0.234 e. The monoisotopic (exact) mass is 236 g/mol. The summed E-state index contributed by atoms with van der Waals surface area (Å²) in [6.07, 6.45) is 4.29. The number of ether oxygens (including phenoxy) is 1. The van der Waals surface area contributed by atoms with Crippen LogP contribution in [0.15, 0.2) is 12.4 Å². The highest BCUT2D eigenvalue weighted by atomic mass is 16.5. The number of hydrogen-bond donors (Lipinski definition) is 2. The van der Waals surface area contributed by atoms with E-state index in [4.69, 9.17) is 10.5 Å². The number of hydrogen-bond acceptors (Lipinski definition) is 5. The van der Waals surface area contributed by atoms with E-state index in [-0.39, 0.29) is 11.5 Å². The number of anilines is 1. The lowest BCUT2D eigenvalue weighted by atomic mass is 9.63. The first kappa shape index (κ1) is 12.1. The van der Waals surface area contributed by atoms with Gasteiger partial charge in [0.25, 0.3) is 0 Å². The van der Waals surface area contributed by atoms with E-state index in [1.807, 2.05) is 6.92 Å². The molecule has 1 fully saturated rings. The molecule has 5 nitrogen and oxygen atoms in total. The Balaban J connectivity index is 2.02. The van der Waals surface area contributed by atoms with Gasteiger partial charge in [-0.1, -0.05) is 13.8 Å². The molecule has 1 aliphatic rings. The van der Waals surface area contributed by atoms with Gasteiger partial charge < -0.3 is 15.8 Å². The third-order valence-electron chi connectivity index (χ3n) is 3.57. The van der Waals surface area contributed by atoms with E-state index >= 15 is 0 Å². The van der Waals surface area contributed by atoms with Crippen LogP contribution in [0.3, 0.4) is 0 Å². The summed E-state index contributed by atoms with van der Waals surface area (Å²) in [5, 5.41) is 3.36. The van der Waals surface area contributed by atoms with Crippen molar-refractivity contribution in [1.29, 1.82) is 0 Å². The van der Waals surface area contributed by atoms with Crippen LogP contribution in [0.2, 0.25) is 0 Å². The summed E-state index contributed by atoms with van der Waals surface area (Å²) >= 11 is 0. The Hall–Kier alpha value is -1.36. The zero-order valence-electron chi connectivity index (χ0n) is 10.6. The van der Waals surface area contributed by atoms with Gasteiger partial charge in [-0.05, 0) is 13.3 Å². The lowest BCUT2D eigenvalue weighted by Crippen LogP contribution is -2.61. The molecule has 0 radical (unpaired) electrons. The number of nitrogens with zero attached hydrogens (tertiary/aromatic N) is 2. The van der Waals surface area contributed by atoms with Crippen LogP contribution in [-0.2, 0) is 0 Å². The summed E-state index contributed by atoms with van der Waals surface area (Å²) in [4.78, 5) is 8.44. The van der Waals surface area contributed by atoms with E-state index < -0.39 is 0 Å². The molecular formula is C12H20N4O. The van der Waals surface area contributed by atoms with Gasteiger partial charge in [0.1, 0.15) is 5.82 Å². The van der Waals surface area contributed by atoms with Crippen molar-refractivity contribution < 1.29 is 4.74 Å². The second-order valence-corrected chi connectivity index (χ2v) is 5.04. The van der Waals surface area contributed by atoms with Gasteiger partial charge in [0.05, 0.1) is 19.0 Å². The highest BCUT2D eigenvalue weighted by Crippen LogP contribution is 2.40. The average Bonchev–Trinajstić information content (AvgIpc) is 2.30. The minimum absolute atomic E-state index is 0.100. The fourth-order valence-electron chi connectivity index (χ4n) is 2.02. The maximum absolute atomic E-state index is 5.98. The molecule has 0 amide bonds. The highest BCUT2D eigenvalue weighted by molar-refractivity contribution is 5.37. The van der Waals surface area contributed by atoms with Crippen LogP contribution < -0.4 is 15.8 Å². The van der Waals surface area contributed by atoms with Gasteiger partial charge in [-0.15, -0.1) is 0 Å². The van der Waals surface area contributed by atoms with Crippen LogP contribution in [0.4, 0.5) is 5.82 Å². The van der Waals surface area contributed by atoms with Crippen molar-refractivity contribution in [3.8, 4) is 5.88 Å². The van der Waals surface area contributed by atoms with Crippen molar-refractivity contribution >= 4 is 5.82 Å². The molecule has 5 heteroatoms. The van der Waals surface area contributed by atoms with Crippen LogP contribution >= 0.6 is 0 Å². The van der Waals surface area contributed by atoms with Crippen LogP contribution in [0.5, 0.6) is 5.88 Å². The van der Waals surface area contributed by atoms with Gasteiger partial charge in [0.15, 0.2) is 0 Å². The Morgan fingerprint density at radius 1 is 1.53 bits per heavy atom. The lowest BCUT2D eigenvalue weighted by Gasteiger charge is -2.50. The van der Waals surface area contributed by atoms with Gasteiger partial charge in [0.2, 0.25) is 5.88 Å². The molecule has 1 aromatic rings. The van der Waals surface area contributed by atoms with Crippen molar-refractivity contribution in [1.82, 2.24) is 9.97 Å². The molecule has 0 spiro atoms. The van der Waals surface area contributed by atoms with Crippen LogP contribution in [0.1, 0.15) is 27.2 Å². The standard InChI is InChI=1S/C12H20N4O/c1-4-17-11-7-14-6-10(16-11)15-9-5-8(13)12(9,2)3/h6-9H,4-5,13H2,1-3H3,(H,15,16). The van der Waals surface area contributed by atoms with Gasteiger partial charge in [-0.3, -0.25) is 4.98 Å². The molecule has 3 N–H and O–H groups in total. The normalized spacial score (nSPS) is 26.1. The van der Waals surface area contributed by atoms with Crippen molar-refractivity contribution in [2.75, 3.05) is 11.9 Å². The second kappa shape index (κ2) is 4.49. The summed E-state index contributed by atoms with van der Waals surface area (Å²) in [6.45, 7) is 6.85. The minimum Gasteiger partial charge on any atom is -0.477 e. The molecule has 1 saturated carbocycles. The summed E-state index contributed by atoms with van der Waals surface area (Å²) < 4.78 is 5.31. The molecule has 2 unspecified atom stereocenters. The molecule has 1 heterocycles. The van der Waals surface area contributed by atoms with Crippen molar-refractivity contribution in [3.63, 3.8) is 0 Å². The van der Waals surface area contributed by atoms with Crippen LogP contribution in [0, 0.1) is 5.41 Å². The third-order valence-corrected chi connectivity index (χ3v) is 3.57. The first-order valence-corrected chi connectivity index (χ1v) is 6.01. The third kappa shape index (κ3) is 2.34. The predicted octanol–water partition coefficient (Wildman–Crippen LogP) is 1.41. The first-order valence-electron chi connectivity index (χ1n) is 6.01. The van der Waals surface area contributed by atoms with E-state index in [1.165, 1.54) is 0 Å². The number of nitrogens with one attached hydrogen (secondary N) is 1. The van der Waals surface area contributed by atoms with Crippen molar-refractivity contribution in [2.45, 2.75) is 39.3 Å². The lowest BCUT2D eigenvalue weighted by molar-refractivity contribution is 0.117. The van der Waals surface area contributed by atoms with Gasteiger partial charge in [-0.25, -0.2) is 0 Å².